The molecule has 0 saturated heterocycles. The lowest BCUT2D eigenvalue weighted by Crippen LogP contribution is -1.92. The van der Waals surface area contributed by atoms with Crippen LogP contribution < -0.4 is 0 Å². The van der Waals surface area contributed by atoms with Gasteiger partial charge in [0.25, 0.3) is 0 Å². The van der Waals surface area contributed by atoms with E-state index >= 15 is 0 Å². The highest BCUT2D eigenvalue weighted by Gasteiger charge is 1.78. The molecule has 38 valence electrons. The quantitative estimate of drug-likeness (QED) is 0.474. The first-order chi connectivity index (χ1) is 3.31. The molecule has 0 bridgehead atoms. The summed E-state index contributed by atoms with van der Waals surface area (Å²) in [5, 5.41) is 8.06. The second-order valence-electron chi connectivity index (χ2n) is 1.68. The van der Waals surface area contributed by atoms with E-state index in [0.29, 0.717) is 5.82 Å². The SMILES string of the molecule is CCC(C)[B-]C#N. The van der Waals surface area contributed by atoms with Gasteiger partial charge in [-0.2, -0.15) is 7.28 Å². The lowest BCUT2D eigenvalue weighted by molar-refractivity contribution is 0.874. The molecule has 7 heavy (non-hydrogen) atoms. The molecule has 0 heterocycles. The molecule has 2 radical (unpaired) electrons. The summed E-state index contributed by atoms with van der Waals surface area (Å²) in [7, 11) is 1.65. The number of nitrogens with zero attached hydrogens (tertiary/aromatic N) is 1. The lowest BCUT2D eigenvalue weighted by Gasteiger charge is -2.11. The fraction of sp³-hybridized carbons (Fsp3) is 0.800. The largest absolute Gasteiger partial charge is 0.257 e. The molecular formula is C5H9BN-. The highest BCUT2D eigenvalue weighted by Crippen LogP contribution is 2.03. The Labute approximate surface area is 45.6 Å². The van der Waals surface area contributed by atoms with E-state index in [9.17, 15) is 0 Å². The fourth-order valence-corrected chi connectivity index (χ4v) is 0.245. The van der Waals surface area contributed by atoms with Crippen LogP contribution in [0.4, 0.5) is 0 Å². The Balaban J connectivity index is 3.03. The molecule has 0 aliphatic carbocycles. The number of nitriles is 1. The van der Waals surface area contributed by atoms with E-state index in [4.69, 9.17) is 5.26 Å². The normalized spacial score (nSPS) is 12.7. The molecular weight excluding hydrogens is 84.9 g/mol. The lowest BCUT2D eigenvalue weighted by atomic mass is 9.66. The predicted octanol–water partition coefficient (Wildman–Crippen LogP) is 1.39. The average molecular weight is 93.9 g/mol. The molecule has 0 amide bonds. The van der Waals surface area contributed by atoms with Gasteiger partial charge in [-0.05, 0) is 0 Å². The van der Waals surface area contributed by atoms with E-state index in [2.05, 4.69) is 6.92 Å². The Bertz CT molecular complexity index is 74.6. The zero-order chi connectivity index (χ0) is 5.70. The van der Waals surface area contributed by atoms with Crippen molar-refractivity contribution < 1.29 is 0 Å². The summed E-state index contributed by atoms with van der Waals surface area (Å²) >= 11 is 0. The molecule has 0 aromatic carbocycles. The first-order valence-electron chi connectivity index (χ1n) is 2.54. The third kappa shape index (κ3) is 3.38. The van der Waals surface area contributed by atoms with Crippen LogP contribution in [0.2, 0.25) is 5.82 Å². The Morgan fingerprint density at radius 2 is 2.43 bits per heavy atom. The van der Waals surface area contributed by atoms with Crippen LogP contribution in [0.5, 0.6) is 0 Å². The van der Waals surface area contributed by atoms with Gasteiger partial charge in [0.15, 0.2) is 0 Å². The van der Waals surface area contributed by atoms with Crippen molar-refractivity contribution >= 4 is 7.28 Å². The fourth-order valence-electron chi connectivity index (χ4n) is 0.245. The topological polar surface area (TPSA) is 23.8 Å². The summed E-state index contributed by atoms with van der Waals surface area (Å²) in [6, 6.07) is 0. The van der Waals surface area contributed by atoms with Gasteiger partial charge in [0.2, 0.25) is 0 Å². The minimum atomic E-state index is 0.463. The summed E-state index contributed by atoms with van der Waals surface area (Å²) < 4.78 is 0. The summed E-state index contributed by atoms with van der Waals surface area (Å²) in [6.45, 7) is 4.10. The third-order valence-corrected chi connectivity index (χ3v) is 1.00. The van der Waals surface area contributed by atoms with Crippen molar-refractivity contribution in [3.8, 4) is 5.97 Å². The zero-order valence-electron chi connectivity index (χ0n) is 4.81. The monoisotopic (exact) mass is 94.1 g/mol. The van der Waals surface area contributed by atoms with Gasteiger partial charge < -0.3 is 0 Å². The van der Waals surface area contributed by atoms with Crippen LogP contribution in [0.1, 0.15) is 20.3 Å². The second kappa shape index (κ2) is 3.73. The van der Waals surface area contributed by atoms with Crippen LogP contribution in [0.15, 0.2) is 0 Å². The standard InChI is InChI=1S/C5H9BN/c1-3-5(2)6-4-7/h5H,3H2,1-2H3/q-1. The summed E-state index contributed by atoms with van der Waals surface area (Å²) in [4.78, 5) is 0. The van der Waals surface area contributed by atoms with Gasteiger partial charge in [-0.15, -0.1) is 0 Å². The number of rotatable bonds is 2. The Morgan fingerprint density at radius 1 is 1.86 bits per heavy atom. The molecule has 0 fully saturated rings. The van der Waals surface area contributed by atoms with Crippen molar-refractivity contribution in [2.24, 2.45) is 0 Å². The zero-order valence-corrected chi connectivity index (χ0v) is 4.81. The maximum Gasteiger partial charge on any atom is -0.0683 e. The maximum atomic E-state index is 8.06. The van der Waals surface area contributed by atoms with Crippen molar-refractivity contribution in [2.75, 3.05) is 0 Å². The van der Waals surface area contributed by atoms with Crippen molar-refractivity contribution in [1.82, 2.24) is 0 Å². The van der Waals surface area contributed by atoms with Crippen molar-refractivity contribution in [1.29, 1.82) is 5.26 Å². The summed E-state index contributed by atoms with van der Waals surface area (Å²) in [6.07, 6.45) is 1.06. The van der Waals surface area contributed by atoms with Gasteiger partial charge in [-0.3, -0.25) is 5.26 Å². The minimum absolute atomic E-state index is 0.463. The molecule has 0 N–H and O–H groups in total. The molecule has 0 aromatic heterocycles. The van der Waals surface area contributed by atoms with Gasteiger partial charge in [-0.25, -0.2) is 11.8 Å². The van der Waals surface area contributed by atoms with Crippen molar-refractivity contribution in [3.05, 3.63) is 0 Å². The third-order valence-electron chi connectivity index (χ3n) is 1.00. The molecule has 2 heteroatoms. The van der Waals surface area contributed by atoms with Crippen molar-refractivity contribution in [3.63, 3.8) is 0 Å². The predicted molar refractivity (Wildman–Crippen MR) is 31.1 cm³/mol. The maximum absolute atomic E-state index is 8.06. The van der Waals surface area contributed by atoms with Gasteiger partial charge >= 0.3 is 0 Å². The summed E-state index contributed by atoms with van der Waals surface area (Å²) in [5.74, 6) is 2.46. The van der Waals surface area contributed by atoms with E-state index in [1.54, 1.807) is 7.28 Å². The van der Waals surface area contributed by atoms with Crippen LogP contribution in [0.3, 0.4) is 0 Å². The molecule has 0 aliphatic rings. The molecule has 1 unspecified atom stereocenters. The molecule has 0 aliphatic heterocycles. The van der Waals surface area contributed by atoms with Crippen LogP contribution in [0, 0.1) is 11.2 Å². The average Bonchev–Trinajstić information content (AvgIpc) is 1.68. The van der Waals surface area contributed by atoms with Gasteiger partial charge in [0.05, 0.1) is 0 Å². The molecule has 0 rings (SSSR count). The summed E-state index contributed by atoms with van der Waals surface area (Å²) in [5.41, 5.74) is 0. The van der Waals surface area contributed by atoms with E-state index in [-0.39, 0.29) is 0 Å². The smallest absolute Gasteiger partial charge is 0.0683 e. The first kappa shape index (κ1) is 6.55. The van der Waals surface area contributed by atoms with E-state index in [0.717, 1.165) is 6.42 Å². The Hall–Kier alpha value is -0.445. The highest BCUT2D eigenvalue weighted by molar-refractivity contribution is 6.46. The molecule has 1 nitrogen and oxygen atoms in total. The highest BCUT2D eigenvalue weighted by atomic mass is 14.2. The van der Waals surface area contributed by atoms with Crippen LogP contribution in [0.25, 0.3) is 0 Å². The van der Waals surface area contributed by atoms with Crippen LogP contribution in [-0.2, 0) is 0 Å². The minimum Gasteiger partial charge on any atom is -0.257 e. The van der Waals surface area contributed by atoms with Crippen LogP contribution in [-0.4, -0.2) is 7.28 Å². The van der Waals surface area contributed by atoms with E-state index < -0.39 is 0 Å². The molecule has 0 aromatic rings. The Morgan fingerprint density at radius 3 is 2.57 bits per heavy atom. The molecule has 0 spiro atoms. The van der Waals surface area contributed by atoms with Gasteiger partial charge in [0.1, 0.15) is 0 Å². The number of hydrogen-bond donors (Lipinski definition) is 0. The van der Waals surface area contributed by atoms with E-state index in [1.807, 2.05) is 12.9 Å². The van der Waals surface area contributed by atoms with Gasteiger partial charge in [0, 0.05) is 0 Å². The van der Waals surface area contributed by atoms with E-state index in [1.165, 1.54) is 0 Å². The molecule has 1 atom stereocenters. The Kier molecular flexibility index (Phi) is 3.50. The first-order valence-corrected chi connectivity index (χ1v) is 2.54. The number of hydrogen-bond acceptors (Lipinski definition) is 1. The van der Waals surface area contributed by atoms with Crippen molar-refractivity contribution in [2.45, 2.75) is 26.1 Å². The van der Waals surface area contributed by atoms with Crippen LogP contribution >= 0.6 is 0 Å². The molecule has 0 saturated carbocycles. The second-order valence-corrected chi connectivity index (χ2v) is 1.68. The van der Waals surface area contributed by atoms with Gasteiger partial charge in [-0.1, -0.05) is 20.3 Å².